The zero-order valence-corrected chi connectivity index (χ0v) is 14.3. The van der Waals surface area contributed by atoms with Crippen LogP contribution in [0.2, 0.25) is 0 Å². The summed E-state index contributed by atoms with van der Waals surface area (Å²) < 4.78 is 16.7. The van der Waals surface area contributed by atoms with Gasteiger partial charge in [-0.15, -0.1) is 6.58 Å². The van der Waals surface area contributed by atoms with Crippen LogP contribution in [0.3, 0.4) is 0 Å². The Balaban J connectivity index is 1.68. The van der Waals surface area contributed by atoms with Crippen molar-refractivity contribution >= 4 is 5.91 Å². The molecule has 1 amide bonds. The molecule has 0 saturated carbocycles. The van der Waals surface area contributed by atoms with Crippen LogP contribution >= 0.6 is 0 Å². The second kappa shape index (κ2) is 10.1. The lowest BCUT2D eigenvalue weighted by molar-refractivity contribution is -0.131. The van der Waals surface area contributed by atoms with Crippen LogP contribution in [0.25, 0.3) is 0 Å². The second-order valence-corrected chi connectivity index (χ2v) is 5.90. The molecule has 1 aromatic carbocycles. The van der Waals surface area contributed by atoms with E-state index in [2.05, 4.69) is 11.9 Å². The molecule has 1 heterocycles. The second-order valence-electron chi connectivity index (χ2n) is 5.90. The molecule has 2 rings (SSSR count). The Morgan fingerprint density at radius 2 is 2.25 bits per heavy atom. The first kappa shape index (κ1) is 18.5. The van der Waals surface area contributed by atoms with Crippen molar-refractivity contribution < 1.29 is 19.0 Å². The van der Waals surface area contributed by atoms with E-state index in [4.69, 9.17) is 14.2 Å². The minimum Gasteiger partial charge on any atom is -0.491 e. The smallest absolute Gasteiger partial charge is 0.249 e. The van der Waals surface area contributed by atoms with Gasteiger partial charge in [0.1, 0.15) is 18.5 Å². The fourth-order valence-corrected chi connectivity index (χ4v) is 2.41. The van der Waals surface area contributed by atoms with E-state index >= 15 is 0 Å². The predicted molar refractivity (Wildman–Crippen MR) is 93.0 cm³/mol. The Hall–Kier alpha value is -1.85. The largest absolute Gasteiger partial charge is 0.491 e. The molecule has 5 heteroatoms. The van der Waals surface area contributed by atoms with Crippen molar-refractivity contribution in [1.82, 2.24) is 5.32 Å². The molecular formula is C19H27NO4. The minimum atomic E-state index is -0.459. The third-order valence-corrected chi connectivity index (χ3v) is 3.91. The number of benzene rings is 1. The average molecular weight is 333 g/mol. The minimum absolute atomic E-state index is 0.113. The van der Waals surface area contributed by atoms with E-state index < -0.39 is 6.10 Å². The molecule has 0 bridgehead atoms. The number of rotatable bonds is 10. The highest BCUT2D eigenvalue weighted by atomic mass is 16.5. The summed E-state index contributed by atoms with van der Waals surface area (Å²) >= 11 is 0. The Labute approximate surface area is 144 Å². The van der Waals surface area contributed by atoms with Crippen molar-refractivity contribution in [3.05, 3.63) is 42.5 Å². The van der Waals surface area contributed by atoms with Crippen LogP contribution in [-0.4, -0.2) is 37.9 Å². The summed E-state index contributed by atoms with van der Waals surface area (Å²) in [4.78, 5) is 11.9. The van der Waals surface area contributed by atoms with Gasteiger partial charge in [0, 0.05) is 13.2 Å². The number of carbonyl (C=O) groups is 1. The SMILES string of the molecule is C=CCCOC(C)C(=O)NCc1ccc(OCC2CCCO2)cc1. The molecule has 5 nitrogen and oxygen atoms in total. The lowest BCUT2D eigenvalue weighted by Crippen LogP contribution is -2.34. The van der Waals surface area contributed by atoms with E-state index in [0.29, 0.717) is 19.8 Å². The van der Waals surface area contributed by atoms with Crippen molar-refractivity contribution in [3.63, 3.8) is 0 Å². The summed E-state index contributed by atoms with van der Waals surface area (Å²) in [6.07, 6.45) is 4.45. The number of hydrogen-bond donors (Lipinski definition) is 1. The van der Waals surface area contributed by atoms with Crippen molar-refractivity contribution in [3.8, 4) is 5.75 Å². The van der Waals surface area contributed by atoms with Gasteiger partial charge in [-0.25, -0.2) is 0 Å². The number of nitrogens with one attached hydrogen (secondary N) is 1. The zero-order chi connectivity index (χ0) is 17.2. The maximum absolute atomic E-state index is 11.9. The first-order valence-corrected chi connectivity index (χ1v) is 8.52. The molecule has 132 valence electrons. The summed E-state index contributed by atoms with van der Waals surface area (Å²) in [5.41, 5.74) is 1.02. The lowest BCUT2D eigenvalue weighted by atomic mass is 10.2. The summed E-state index contributed by atoms with van der Waals surface area (Å²) in [5.74, 6) is 0.708. The van der Waals surface area contributed by atoms with Crippen molar-refractivity contribution in [2.45, 2.75) is 44.9 Å². The van der Waals surface area contributed by atoms with Gasteiger partial charge >= 0.3 is 0 Å². The highest BCUT2D eigenvalue weighted by Crippen LogP contribution is 2.16. The van der Waals surface area contributed by atoms with E-state index in [0.717, 1.165) is 37.2 Å². The molecule has 1 aliphatic heterocycles. The number of hydrogen-bond acceptors (Lipinski definition) is 4. The van der Waals surface area contributed by atoms with E-state index in [1.165, 1.54) is 0 Å². The molecule has 1 aliphatic rings. The van der Waals surface area contributed by atoms with E-state index in [-0.39, 0.29) is 12.0 Å². The third-order valence-electron chi connectivity index (χ3n) is 3.91. The molecule has 1 aromatic rings. The van der Waals surface area contributed by atoms with Crippen LogP contribution in [0.5, 0.6) is 5.75 Å². The molecule has 2 atom stereocenters. The summed E-state index contributed by atoms with van der Waals surface area (Å²) in [5, 5.41) is 2.87. The van der Waals surface area contributed by atoms with Crippen LogP contribution in [0.4, 0.5) is 0 Å². The molecule has 1 fully saturated rings. The van der Waals surface area contributed by atoms with Gasteiger partial charge < -0.3 is 19.5 Å². The molecule has 0 spiro atoms. The molecule has 0 aromatic heterocycles. The van der Waals surface area contributed by atoms with Gasteiger partial charge in [0.25, 0.3) is 0 Å². The first-order valence-electron chi connectivity index (χ1n) is 8.52. The topological polar surface area (TPSA) is 56.8 Å². The van der Waals surface area contributed by atoms with Crippen LogP contribution in [0.15, 0.2) is 36.9 Å². The summed E-state index contributed by atoms with van der Waals surface area (Å²) in [7, 11) is 0. The van der Waals surface area contributed by atoms with Gasteiger partial charge in [0.2, 0.25) is 5.91 Å². The van der Waals surface area contributed by atoms with E-state index in [1.807, 2.05) is 24.3 Å². The standard InChI is InChI=1S/C19H27NO4/c1-3-4-11-22-15(2)19(21)20-13-16-7-9-17(10-8-16)24-14-18-6-5-12-23-18/h3,7-10,15,18H,1,4-6,11-14H2,2H3,(H,20,21). The van der Waals surface area contributed by atoms with Gasteiger partial charge in [-0.05, 0) is 43.9 Å². The Kier molecular flexibility index (Phi) is 7.79. The fourth-order valence-electron chi connectivity index (χ4n) is 2.41. The maximum atomic E-state index is 11.9. The summed E-state index contributed by atoms with van der Waals surface area (Å²) in [6.45, 7) is 7.78. The van der Waals surface area contributed by atoms with Crippen LogP contribution in [0.1, 0.15) is 31.7 Å². The monoisotopic (exact) mass is 333 g/mol. The fraction of sp³-hybridized carbons (Fsp3) is 0.526. The van der Waals surface area contributed by atoms with Gasteiger partial charge in [0.05, 0.1) is 12.7 Å². The molecule has 1 N–H and O–H groups in total. The van der Waals surface area contributed by atoms with Crippen LogP contribution < -0.4 is 10.1 Å². The summed E-state index contributed by atoms with van der Waals surface area (Å²) in [6, 6.07) is 7.74. The highest BCUT2D eigenvalue weighted by Gasteiger charge is 2.16. The zero-order valence-electron chi connectivity index (χ0n) is 14.3. The average Bonchev–Trinajstić information content (AvgIpc) is 3.12. The van der Waals surface area contributed by atoms with Gasteiger partial charge in [-0.3, -0.25) is 4.79 Å². The lowest BCUT2D eigenvalue weighted by Gasteiger charge is -2.14. The quantitative estimate of drug-likeness (QED) is 0.528. The number of ether oxygens (including phenoxy) is 3. The van der Waals surface area contributed by atoms with Gasteiger partial charge in [-0.1, -0.05) is 18.2 Å². The van der Waals surface area contributed by atoms with Gasteiger partial charge in [-0.2, -0.15) is 0 Å². The van der Waals surface area contributed by atoms with Gasteiger partial charge in [0.15, 0.2) is 0 Å². The molecule has 0 aliphatic carbocycles. The highest BCUT2D eigenvalue weighted by molar-refractivity contribution is 5.80. The Bertz CT molecular complexity index is 509. The molecule has 1 saturated heterocycles. The van der Waals surface area contributed by atoms with E-state index in [1.54, 1.807) is 13.0 Å². The first-order chi connectivity index (χ1) is 11.7. The van der Waals surface area contributed by atoms with Crippen molar-refractivity contribution in [2.24, 2.45) is 0 Å². The molecule has 2 unspecified atom stereocenters. The van der Waals surface area contributed by atoms with Crippen molar-refractivity contribution in [1.29, 1.82) is 0 Å². The number of carbonyl (C=O) groups excluding carboxylic acids is 1. The number of amides is 1. The molecular weight excluding hydrogens is 306 g/mol. The Morgan fingerprint density at radius 3 is 2.92 bits per heavy atom. The molecule has 0 radical (unpaired) electrons. The maximum Gasteiger partial charge on any atom is 0.249 e. The van der Waals surface area contributed by atoms with Crippen molar-refractivity contribution in [2.75, 3.05) is 19.8 Å². The van der Waals surface area contributed by atoms with Crippen LogP contribution in [-0.2, 0) is 20.8 Å². The normalized spacial score (nSPS) is 18.1. The third kappa shape index (κ3) is 6.34. The molecule has 24 heavy (non-hydrogen) atoms. The predicted octanol–water partition coefficient (Wildman–Crippen LogP) is 2.84. The van der Waals surface area contributed by atoms with Crippen LogP contribution in [0, 0.1) is 0 Å². The van der Waals surface area contributed by atoms with E-state index in [9.17, 15) is 4.79 Å². The Morgan fingerprint density at radius 1 is 1.46 bits per heavy atom.